The van der Waals surface area contributed by atoms with E-state index < -0.39 is 0 Å². The lowest BCUT2D eigenvalue weighted by Gasteiger charge is -2.07. The predicted octanol–water partition coefficient (Wildman–Crippen LogP) is 2.75. The smallest absolute Gasteiger partial charge is 0.0406 e. The van der Waals surface area contributed by atoms with E-state index in [2.05, 4.69) is 6.92 Å². The van der Waals surface area contributed by atoms with Gasteiger partial charge in [0.15, 0.2) is 0 Å². The van der Waals surface area contributed by atoms with Gasteiger partial charge in [-0.05, 0) is 24.1 Å². The van der Waals surface area contributed by atoms with E-state index in [-0.39, 0.29) is 6.04 Å². The molecule has 1 aromatic carbocycles. The Morgan fingerprint density at radius 1 is 1.36 bits per heavy atom. The van der Waals surface area contributed by atoms with E-state index >= 15 is 0 Å². The Kier molecular flexibility index (Phi) is 2.92. The molecule has 11 heavy (non-hydrogen) atoms. The van der Waals surface area contributed by atoms with Crippen molar-refractivity contribution in [3.63, 3.8) is 0 Å². The Bertz CT molecular complexity index is 218. The van der Waals surface area contributed by atoms with Crippen LogP contribution in [0.1, 0.15) is 24.9 Å². The zero-order valence-electron chi connectivity index (χ0n) is 6.55. The molecule has 1 rings (SSSR count). The van der Waals surface area contributed by atoms with Gasteiger partial charge < -0.3 is 5.73 Å². The van der Waals surface area contributed by atoms with Gasteiger partial charge in [-0.3, -0.25) is 0 Å². The Morgan fingerprint density at radius 2 is 1.91 bits per heavy atom. The van der Waals surface area contributed by atoms with Crippen LogP contribution >= 0.6 is 11.6 Å². The van der Waals surface area contributed by atoms with Gasteiger partial charge in [0, 0.05) is 11.1 Å². The summed E-state index contributed by atoms with van der Waals surface area (Å²) < 4.78 is 0. The lowest BCUT2D eigenvalue weighted by Crippen LogP contribution is -2.07. The van der Waals surface area contributed by atoms with Crippen molar-refractivity contribution in [3.8, 4) is 0 Å². The van der Waals surface area contributed by atoms with E-state index in [1.165, 1.54) is 0 Å². The van der Waals surface area contributed by atoms with Crippen molar-refractivity contribution in [1.82, 2.24) is 0 Å². The van der Waals surface area contributed by atoms with Gasteiger partial charge in [0.2, 0.25) is 0 Å². The van der Waals surface area contributed by atoms with Crippen molar-refractivity contribution >= 4 is 11.6 Å². The molecule has 0 bridgehead atoms. The fraction of sp³-hybridized carbons (Fsp3) is 0.333. The number of nitrogens with two attached hydrogens (primary N) is 1. The van der Waals surface area contributed by atoms with Gasteiger partial charge in [-0.1, -0.05) is 30.7 Å². The lowest BCUT2D eigenvalue weighted by atomic mass is 10.1. The second kappa shape index (κ2) is 3.74. The topological polar surface area (TPSA) is 26.0 Å². The highest BCUT2D eigenvalue weighted by atomic mass is 35.5. The minimum atomic E-state index is 0.146. The Hall–Kier alpha value is -0.530. The summed E-state index contributed by atoms with van der Waals surface area (Å²) >= 11 is 5.72. The first-order valence-electron chi connectivity index (χ1n) is 3.75. The Morgan fingerprint density at radius 3 is 2.36 bits per heavy atom. The summed E-state index contributed by atoms with van der Waals surface area (Å²) in [4.78, 5) is 0. The van der Waals surface area contributed by atoms with Gasteiger partial charge in [0.05, 0.1) is 0 Å². The summed E-state index contributed by atoms with van der Waals surface area (Å²) in [5.41, 5.74) is 6.95. The maximum absolute atomic E-state index is 5.80. The molecular formula is C9H12ClN. The first-order chi connectivity index (χ1) is 5.24. The molecule has 0 aromatic heterocycles. The van der Waals surface area contributed by atoms with Crippen molar-refractivity contribution < 1.29 is 0 Å². The van der Waals surface area contributed by atoms with Crippen LogP contribution in [0.15, 0.2) is 24.3 Å². The molecule has 2 N–H and O–H groups in total. The van der Waals surface area contributed by atoms with Crippen LogP contribution in [0.3, 0.4) is 0 Å². The largest absolute Gasteiger partial charge is 0.324 e. The van der Waals surface area contributed by atoms with Gasteiger partial charge in [-0.15, -0.1) is 0 Å². The van der Waals surface area contributed by atoms with Crippen LogP contribution in [0.25, 0.3) is 0 Å². The fourth-order valence-electron chi connectivity index (χ4n) is 0.946. The van der Waals surface area contributed by atoms with Crippen LogP contribution in [0.4, 0.5) is 0 Å². The number of rotatable bonds is 2. The summed E-state index contributed by atoms with van der Waals surface area (Å²) in [5, 5.41) is 0.761. The number of benzene rings is 1. The van der Waals surface area contributed by atoms with Crippen molar-refractivity contribution in [2.24, 2.45) is 5.73 Å². The molecule has 0 fully saturated rings. The van der Waals surface area contributed by atoms with Crippen LogP contribution in [0.5, 0.6) is 0 Å². The summed E-state index contributed by atoms with van der Waals surface area (Å²) in [6, 6.07) is 7.82. The molecule has 1 atom stereocenters. The average molecular weight is 170 g/mol. The molecule has 0 unspecified atom stereocenters. The molecular weight excluding hydrogens is 158 g/mol. The third-order valence-electron chi connectivity index (χ3n) is 1.74. The van der Waals surface area contributed by atoms with Gasteiger partial charge in [0.1, 0.15) is 0 Å². The molecule has 60 valence electrons. The monoisotopic (exact) mass is 169 g/mol. The molecule has 0 saturated carbocycles. The normalized spacial score (nSPS) is 13.0. The molecule has 0 heterocycles. The molecule has 0 saturated heterocycles. The second-order valence-corrected chi connectivity index (χ2v) is 3.00. The fourth-order valence-corrected chi connectivity index (χ4v) is 1.07. The van der Waals surface area contributed by atoms with Gasteiger partial charge >= 0.3 is 0 Å². The van der Waals surface area contributed by atoms with E-state index in [0.717, 1.165) is 17.0 Å². The van der Waals surface area contributed by atoms with Crippen molar-refractivity contribution in [2.75, 3.05) is 0 Å². The van der Waals surface area contributed by atoms with Crippen LogP contribution in [-0.2, 0) is 0 Å². The lowest BCUT2D eigenvalue weighted by molar-refractivity contribution is 0.699. The van der Waals surface area contributed by atoms with E-state index in [4.69, 9.17) is 17.3 Å². The highest BCUT2D eigenvalue weighted by Crippen LogP contribution is 2.16. The molecule has 2 heteroatoms. The quantitative estimate of drug-likeness (QED) is 0.724. The molecule has 1 nitrogen and oxygen atoms in total. The first kappa shape index (κ1) is 8.57. The van der Waals surface area contributed by atoms with E-state index in [1.807, 2.05) is 24.3 Å². The minimum absolute atomic E-state index is 0.146. The molecule has 1 aromatic rings. The van der Waals surface area contributed by atoms with E-state index in [9.17, 15) is 0 Å². The molecule has 0 radical (unpaired) electrons. The van der Waals surface area contributed by atoms with Gasteiger partial charge in [-0.25, -0.2) is 0 Å². The van der Waals surface area contributed by atoms with Crippen LogP contribution in [0.2, 0.25) is 5.02 Å². The third-order valence-corrected chi connectivity index (χ3v) is 1.99. The summed E-state index contributed by atoms with van der Waals surface area (Å²) in [7, 11) is 0. The minimum Gasteiger partial charge on any atom is -0.324 e. The maximum atomic E-state index is 5.80. The van der Waals surface area contributed by atoms with Crippen molar-refractivity contribution in [3.05, 3.63) is 34.9 Å². The molecule has 0 aliphatic rings. The SMILES string of the molecule is CC[C@H](N)c1ccc(Cl)cc1. The van der Waals surface area contributed by atoms with E-state index in [0.29, 0.717) is 0 Å². The van der Waals surface area contributed by atoms with Crippen molar-refractivity contribution in [2.45, 2.75) is 19.4 Å². The predicted molar refractivity (Wildman–Crippen MR) is 48.7 cm³/mol. The molecule has 0 amide bonds. The highest BCUT2D eigenvalue weighted by Gasteiger charge is 2.00. The number of halogens is 1. The summed E-state index contributed by atoms with van der Waals surface area (Å²) in [6.07, 6.45) is 0.960. The third kappa shape index (κ3) is 2.21. The zero-order chi connectivity index (χ0) is 8.27. The summed E-state index contributed by atoms with van der Waals surface area (Å²) in [6.45, 7) is 2.07. The molecule has 0 spiro atoms. The van der Waals surface area contributed by atoms with Gasteiger partial charge in [-0.2, -0.15) is 0 Å². The molecule has 0 aliphatic heterocycles. The summed E-state index contributed by atoms with van der Waals surface area (Å²) in [5.74, 6) is 0. The van der Waals surface area contributed by atoms with Crippen LogP contribution in [0, 0.1) is 0 Å². The van der Waals surface area contributed by atoms with Crippen molar-refractivity contribution in [1.29, 1.82) is 0 Å². The average Bonchev–Trinajstić information content (AvgIpc) is 2.05. The van der Waals surface area contributed by atoms with Crippen LogP contribution in [-0.4, -0.2) is 0 Å². The second-order valence-electron chi connectivity index (χ2n) is 2.57. The van der Waals surface area contributed by atoms with Gasteiger partial charge in [0.25, 0.3) is 0 Å². The molecule has 0 aliphatic carbocycles. The first-order valence-corrected chi connectivity index (χ1v) is 4.13. The number of hydrogen-bond donors (Lipinski definition) is 1. The Balaban J connectivity index is 2.81. The van der Waals surface area contributed by atoms with E-state index in [1.54, 1.807) is 0 Å². The number of hydrogen-bond acceptors (Lipinski definition) is 1. The van der Waals surface area contributed by atoms with Crippen LogP contribution < -0.4 is 5.73 Å². The zero-order valence-corrected chi connectivity index (χ0v) is 7.31. The highest BCUT2D eigenvalue weighted by molar-refractivity contribution is 6.30. The Labute approximate surface area is 72.2 Å². The maximum Gasteiger partial charge on any atom is 0.0406 e. The standard InChI is InChI=1S/C9H12ClN/c1-2-9(11)7-3-5-8(10)6-4-7/h3-6,9H,2,11H2,1H3/t9-/m0/s1.